The molecule has 0 atom stereocenters. The van der Waals surface area contributed by atoms with E-state index in [0.29, 0.717) is 5.56 Å². The Morgan fingerprint density at radius 1 is 1.35 bits per heavy atom. The maximum Gasteiger partial charge on any atom is 0.245 e. The number of anilines is 1. The lowest BCUT2D eigenvalue weighted by Crippen LogP contribution is -2.28. The minimum atomic E-state index is -3.62. The third kappa shape index (κ3) is 2.84. The molecule has 2 rings (SSSR count). The standard InChI is InChI=1S/C13H17N3O2S2/c1-9-5-4-6-12(14)13(9)20(17,18)16(3)7-11-8-19-10(2)15-11/h4-6,8H,7,14H2,1-3H3. The smallest absolute Gasteiger partial charge is 0.245 e. The zero-order chi connectivity index (χ0) is 14.9. The molecule has 20 heavy (non-hydrogen) atoms. The maximum atomic E-state index is 12.6. The molecular weight excluding hydrogens is 294 g/mol. The van der Waals surface area contributed by atoms with Crippen molar-refractivity contribution in [2.45, 2.75) is 25.3 Å². The monoisotopic (exact) mass is 311 g/mol. The first-order valence-corrected chi connectivity index (χ1v) is 8.37. The molecule has 0 aliphatic rings. The van der Waals surface area contributed by atoms with Crippen LogP contribution in [0.5, 0.6) is 0 Å². The molecule has 0 aliphatic carbocycles. The summed E-state index contributed by atoms with van der Waals surface area (Å²) in [6.07, 6.45) is 0. The summed E-state index contributed by atoms with van der Waals surface area (Å²) in [5, 5.41) is 2.78. The number of hydrogen-bond donors (Lipinski definition) is 1. The second-order valence-electron chi connectivity index (χ2n) is 4.61. The first-order valence-electron chi connectivity index (χ1n) is 6.05. The molecular formula is C13H17N3O2S2. The van der Waals surface area contributed by atoms with E-state index in [9.17, 15) is 8.42 Å². The van der Waals surface area contributed by atoms with Crippen molar-refractivity contribution >= 4 is 27.0 Å². The van der Waals surface area contributed by atoms with Crippen LogP contribution >= 0.6 is 11.3 Å². The minimum Gasteiger partial charge on any atom is -0.398 e. The van der Waals surface area contributed by atoms with Gasteiger partial charge in [-0.3, -0.25) is 0 Å². The van der Waals surface area contributed by atoms with Gasteiger partial charge in [0, 0.05) is 12.4 Å². The van der Waals surface area contributed by atoms with Crippen LogP contribution in [0, 0.1) is 13.8 Å². The van der Waals surface area contributed by atoms with Gasteiger partial charge in [0.05, 0.1) is 22.9 Å². The van der Waals surface area contributed by atoms with Crippen molar-refractivity contribution in [1.82, 2.24) is 9.29 Å². The van der Waals surface area contributed by atoms with Gasteiger partial charge >= 0.3 is 0 Å². The van der Waals surface area contributed by atoms with Crippen LogP contribution < -0.4 is 5.73 Å². The summed E-state index contributed by atoms with van der Waals surface area (Å²) in [6.45, 7) is 3.87. The van der Waals surface area contributed by atoms with Gasteiger partial charge in [0.25, 0.3) is 0 Å². The van der Waals surface area contributed by atoms with E-state index < -0.39 is 10.0 Å². The summed E-state index contributed by atoms with van der Waals surface area (Å²) in [6, 6.07) is 5.08. The van der Waals surface area contributed by atoms with Gasteiger partial charge in [-0.2, -0.15) is 4.31 Å². The van der Waals surface area contributed by atoms with Crippen LogP contribution in [0.1, 0.15) is 16.3 Å². The first-order chi connectivity index (χ1) is 9.32. The lowest BCUT2D eigenvalue weighted by Gasteiger charge is -2.18. The van der Waals surface area contributed by atoms with Crippen LogP contribution in [0.2, 0.25) is 0 Å². The number of aromatic nitrogens is 1. The molecule has 7 heteroatoms. The fourth-order valence-corrected chi connectivity index (χ4v) is 4.04. The van der Waals surface area contributed by atoms with Gasteiger partial charge in [-0.1, -0.05) is 12.1 Å². The van der Waals surface area contributed by atoms with Gasteiger partial charge in [-0.05, 0) is 25.5 Å². The zero-order valence-electron chi connectivity index (χ0n) is 11.6. The average Bonchev–Trinajstić information content (AvgIpc) is 2.74. The molecule has 5 nitrogen and oxygen atoms in total. The van der Waals surface area contributed by atoms with E-state index in [4.69, 9.17) is 5.73 Å². The normalized spacial score (nSPS) is 12.0. The van der Waals surface area contributed by atoms with Crippen LogP contribution in [0.3, 0.4) is 0 Å². The highest BCUT2D eigenvalue weighted by atomic mass is 32.2. The molecule has 1 aromatic carbocycles. The number of benzene rings is 1. The highest BCUT2D eigenvalue weighted by molar-refractivity contribution is 7.89. The van der Waals surface area contributed by atoms with Gasteiger partial charge < -0.3 is 5.73 Å². The lowest BCUT2D eigenvalue weighted by molar-refractivity contribution is 0.462. The third-order valence-electron chi connectivity index (χ3n) is 2.96. The van der Waals surface area contributed by atoms with Crippen LogP contribution in [0.4, 0.5) is 5.69 Å². The Balaban J connectivity index is 2.35. The van der Waals surface area contributed by atoms with Crippen molar-refractivity contribution < 1.29 is 8.42 Å². The molecule has 0 radical (unpaired) electrons. The maximum absolute atomic E-state index is 12.6. The summed E-state index contributed by atoms with van der Waals surface area (Å²) in [4.78, 5) is 4.46. The predicted molar refractivity (Wildman–Crippen MR) is 81.1 cm³/mol. The summed E-state index contributed by atoms with van der Waals surface area (Å²) >= 11 is 1.50. The SMILES string of the molecule is Cc1nc(CN(C)S(=O)(=O)c2c(C)cccc2N)cs1. The van der Waals surface area contributed by atoms with Crippen LogP contribution in [-0.4, -0.2) is 24.8 Å². The number of nitrogen functional groups attached to an aromatic ring is 1. The van der Waals surface area contributed by atoms with Gasteiger partial charge in [0.1, 0.15) is 4.90 Å². The van der Waals surface area contributed by atoms with Crippen molar-refractivity contribution in [3.63, 3.8) is 0 Å². The van der Waals surface area contributed by atoms with E-state index >= 15 is 0 Å². The molecule has 0 saturated carbocycles. The number of nitrogens with zero attached hydrogens (tertiary/aromatic N) is 2. The molecule has 2 aromatic rings. The van der Waals surface area contributed by atoms with Crippen molar-refractivity contribution in [1.29, 1.82) is 0 Å². The molecule has 0 unspecified atom stereocenters. The van der Waals surface area contributed by atoms with E-state index in [0.717, 1.165) is 10.7 Å². The molecule has 0 fully saturated rings. The molecule has 0 bridgehead atoms. The number of nitrogens with two attached hydrogens (primary N) is 1. The van der Waals surface area contributed by atoms with Crippen LogP contribution in [-0.2, 0) is 16.6 Å². The molecule has 1 heterocycles. The van der Waals surface area contributed by atoms with Crippen molar-refractivity contribution in [2.75, 3.05) is 12.8 Å². The molecule has 0 saturated heterocycles. The Hall–Kier alpha value is -1.44. The molecule has 0 amide bonds. The van der Waals surface area contributed by atoms with Crippen LogP contribution in [0.15, 0.2) is 28.5 Å². The van der Waals surface area contributed by atoms with E-state index in [-0.39, 0.29) is 17.1 Å². The number of hydrogen-bond acceptors (Lipinski definition) is 5. The Kier molecular flexibility index (Phi) is 4.12. The molecule has 2 N–H and O–H groups in total. The number of thiazole rings is 1. The Morgan fingerprint density at radius 2 is 2.05 bits per heavy atom. The highest BCUT2D eigenvalue weighted by Gasteiger charge is 2.25. The van der Waals surface area contributed by atoms with Gasteiger partial charge in [0.2, 0.25) is 10.0 Å². The molecule has 0 aliphatic heterocycles. The zero-order valence-corrected chi connectivity index (χ0v) is 13.3. The highest BCUT2D eigenvalue weighted by Crippen LogP contribution is 2.26. The Morgan fingerprint density at radius 3 is 2.60 bits per heavy atom. The van der Waals surface area contributed by atoms with Gasteiger partial charge in [-0.25, -0.2) is 13.4 Å². The third-order valence-corrected chi connectivity index (χ3v) is 5.81. The summed E-state index contributed by atoms with van der Waals surface area (Å²) in [5.74, 6) is 0. The summed E-state index contributed by atoms with van der Waals surface area (Å²) in [7, 11) is -2.08. The largest absolute Gasteiger partial charge is 0.398 e. The summed E-state index contributed by atoms with van der Waals surface area (Å²) in [5.41, 5.74) is 7.48. The van der Waals surface area contributed by atoms with E-state index in [1.54, 1.807) is 25.1 Å². The van der Waals surface area contributed by atoms with Gasteiger partial charge in [0.15, 0.2) is 0 Å². The fraction of sp³-hybridized carbons (Fsp3) is 0.308. The van der Waals surface area contributed by atoms with Crippen molar-refractivity contribution in [2.24, 2.45) is 0 Å². The molecule has 0 spiro atoms. The average molecular weight is 311 g/mol. The minimum absolute atomic E-state index is 0.175. The number of rotatable bonds is 4. The van der Waals surface area contributed by atoms with Crippen molar-refractivity contribution in [3.8, 4) is 0 Å². The Bertz CT molecular complexity index is 703. The summed E-state index contributed by atoms with van der Waals surface area (Å²) < 4.78 is 26.5. The Labute approximate surface area is 123 Å². The van der Waals surface area contributed by atoms with Crippen molar-refractivity contribution in [3.05, 3.63) is 39.8 Å². The van der Waals surface area contributed by atoms with E-state index in [1.165, 1.54) is 22.7 Å². The fourth-order valence-electron chi connectivity index (χ4n) is 1.98. The number of aryl methyl sites for hydroxylation is 2. The molecule has 108 valence electrons. The lowest BCUT2D eigenvalue weighted by atomic mass is 10.2. The van der Waals surface area contributed by atoms with E-state index in [2.05, 4.69) is 4.98 Å². The number of sulfonamides is 1. The topological polar surface area (TPSA) is 76.3 Å². The van der Waals surface area contributed by atoms with E-state index in [1.807, 2.05) is 12.3 Å². The van der Waals surface area contributed by atoms with Gasteiger partial charge in [-0.15, -0.1) is 11.3 Å². The first kappa shape index (κ1) is 15.0. The second kappa shape index (κ2) is 5.51. The second-order valence-corrected chi connectivity index (χ2v) is 7.66. The predicted octanol–water partition coefficient (Wildman–Crippen LogP) is 2.16. The quantitative estimate of drug-likeness (QED) is 0.878. The molecule has 1 aromatic heterocycles. The van der Waals surface area contributed by atoms with Crippen LogP contribution in [0.25, 0.3) is 0 Å².